The van der Waals surface area contributed by atoms with Gasteiger partial charge in [0, 0.05) is 6.04 Å². The van der Waals surface area contributed by atoms with Crippen LogP contribution >= 0.6 is 0 Å². The molecule has 19 heavy (non-hydrogen) atoms. The summed E-state index contributed by atoms with van der Waals surface area (Å²) in [7, 11) is 1.67. The minimum atomic E-state index is 0.666. The van der Waals surface area contributed by atoms with Crippen LogP contribution in [0.1, 0.15) is 32.6 Å². The van der Waals surface area contributed by atoms with Gasteiger partial charge in [0.05, 0.1) is 13.7 Å². The zero-order chi connectivity index (χ0) is 13.5. The van der Waals surface area contributed by atoms with E-state index in [1.54, 1.807) is 7.11 Å². The monoisotopic (exact) mass is 263 g/mol. The van der Waals surface area contributed by atoms with Crippen LogP contribution in [-0.2, 0) is 0 Å². The van der Waals surface area contributed by atoms with E-state index < -0.39 is 0 Å². The van der Waals surface area contributed by atoms with Crippen molar-refractivity contribution in [1.82, 2.24) is 5.32 Å². The van der Waals surface area contributed by atoms with Crippen LogP contribution in [0.25, 0.3) is 0 Å². The molecule has 0 amide bonds. The first-order chi connectivity index (χ1) is 9.28. The summed E-state index contributed by atoms with van der Waals surface area (Å²) in [4.78, 5) is 0. The molecular formula is C16H25NO2. The number of rotatable bonds is 8. The van der Waals surface area contributed by atoms with E-state index in [1.165, 1.54) is 19.3 Å². The molecule has 0 saturated heterocycles. The third-order valence-electron chi connectivity index (χ3n) is 3.80. The van der Waals surface area contributed by atoms with Gasteiger partial charge in [0.1, 0.15) is 11.5 Å². The van der Waals surface area contributed by atoms with Crippen molar-refractivity contribution < 1.29 is 9.47 Å². The van der Waals surface area contributed by atoms with Crippen molar-refractivity contribution in [2.24, 2.45) is 5.92 Å². The molecule has 1 saturated carbocycles. The predicted molar refractivity (Wildman–Crippen MR) is 77.9 cm³/mol. The standard InChI is InChI=1S/C16H25NO2/c1-13(12-17-14-4-3-5-14)10-11-19-16-8-6-15(18-2)7-9-16/h6-9,13-14,17H,3-5,10-12H2,1-2H3. The minimum Gasteiger partial charge on any atom is -0.497 e. The van der Waals surface area contributed by atoms with Crippen LogP contribution in [0.2, 0.25) is 0 Å². The largest absolute Gasteiger partial charge is 0.497 e. The molecule has 0 spiro atoms. The summed E-state index contributed by atoms with van der Waals surface area (Å²) in [5.74, 6) is 2.45. The van der Waals surface area contributed by atoms with Gasteiger partial charge >= 0.3 is 0 Å². The Morgan fingerprint density at radius 1 is 1.21 bits per heavy atom. The van der Waals surface area contributed by atoms with Gasteiger partial charge in [0.2, 0.25) is 0 Å². The van der Waals surface area contributed by atoms with Crippen LogP contribution in [0.5, 0.6) is 11.5 Å². The van der Waals surface area contributed by atoms with Crippen LogP contribution in [0, 0.1) is 5.92 Å². The second kappa shape index (κ2) is 7.39. The number of methoxy groups -OCH3 is 1. The molecule has 1 fully saturated rings. The van der Waals surface area contributed by atoms with Crippen LogP contribution in [0.3, 0.4) is 0 Å². The van der Waals surface area contributed by atoms with E-state index in [9.17, 15) is 0 Å². The molecule has 0 bridgehead atoms. The molecule has 106 valence electrons. The Balaban J connectivity index is 1.59. The van der Waals surface area contributed by atoms with Gasteiger partial charge in [-0.3, -0.25) is 0 Å². The van der Waals surface area contributed by atoms with Gasteiger partial charge in [-0.1, -0.05) is 13.3 Å². The Morgan fingerprint density at radius 3 is 2.47 bits per heavy atom. The van der Waals surface area contributed by atoms with Crippen molar-refractivity contribution in [1.29, 1.82) is 0 Å². The molecule has 1 aliphatic rings. The highest BCUT2D eigenvalue weighted by Gasteiger charge is 2.16. The van der Waals surface area contributed by atoms with E-state index in [4.69, 9.17) is 9.47 Å². The molecule has 0 aromatic heterocycles. The second-order valence-corrected chi connectivity index (χ2v) is 5.45. The lowest BCUT2D eigenvalue weighted by atomic mass is 9.92. The van der Waals surface area contributed by atoms with E-state index in [1.807, 2.05) is 24.3 Å². The van der Waals surface area contributed by atoms with Crippen molar-refractivity contribution >= 4 is 0 Å². The zero-order valence-corrected chi connectivity index (χ0v) is 12.0. The lowest BCUT2D eigenvalue weighted by Crippen LogP contribution is -2.37. The average Bonchev–Trinajstić information content (AvgIpc) is 2.38. The Kier molecular flexibility index (Phi) is 5.52. The molecule has 2 rings (SSSR count). The van der Waals surface area contributed by atoms with Crippen molar-refractivity contribution in [3.8, 4) is 11.5 Å². The van der Waals surface area contributed by atoms with Crippen molar-refractivity contribution in [3.63, 3.8) is 0 Å². The molecule has 3 heteroatoms. The molecule has 3 nitrogen and oxygen atoms in total. The lowest BCUT2D eigenvalue weighted by Gasteiger charge is -2.28. The van der Waals surface area contributed by atoms with Crippen LogP contribution in [-0.4, -0.2) is 26.3 Å². The fraction of sp³-hybridized carbons (Fsp3) is 0.625. The fourth-order valence-electron chi connectivity index (χ4n) is 2.13. The van der Waals surface area contributed by atoms with Crippen LogP contribution in [0.4, 0.5) is 0 Å². The number of nitrogens with one attached hydrogen (secondary N) is 1. The molecule has 1 aromatic carbocycles. The third kappa shape index (κ3) is 4.75. The van der Waals surface area contributed by atoms with Gasteiger partial charge < -0.3 is 14.8 Å². The summed E-state index contributed by atoms with van der Waals surface area (Å²) >= 11 is 0. The summed E-state index contributed by atoms with van der Waals surface area (Å²) in [6.07, 6.45) is 5.20. The maximum absolute atomic E-state index is 5.74. The molecule has 1 aliphatic carbocycles. The first kappa shape index (κ1) is 14.2. The molecule has 0 heterocycles. The highest BCUT2D eigenvalue weighted by atomic mass is 16.5. The summed E-state index contributed by atoms with van der Waals surface area (Å²) < 4.78 is 10.9. The molecule has 1 N–H and O–H groups in total. The first-order valence-corrected chi connectivity index (χ1v) is 7.28. The highest BCUT2D eigenvalue weighted by molar-refractivity contribution is 5.31. The van der Waals surface area contributed by atoms with Gasteiger partial charge in [0.25, 0.3) is 0 Å². The van der Waals surface area contributed by atoms with Crippen molar-refractivity contribution in [3.05, 3.63) is 24.3 Å². The smallest absolute Gasteiger partial charge is 0.119 e. The quantitative estimate of drug-likeness (QED) is 0.781. The summed E-state index contributed by atoms with van der Waals surface area (Å²) in [5.41, 5.74) is 0. The molecule has 1 unspecified atom stereocenters. The Morgan fingerprint density at radius 2 is 1.89 bits per heavy atom. The summed E-state index contributed by atoms with van der Waals surface area (Å²) in [6.45, 7) is 4.17. The van der Waals surface area contributed by atoms with Crippen LogP contribution < -0.4 is 14.8 Å². The lowest BCUT2D eigenvalue weighted by molar-refractivity contribution is 0.265. The van der Waals surface area contributed by atoms with E-state index in [2.05, 4.69) is 12.2 Å². The Labute approximate surface area is 116 Å². The Bertz CT molecular complexity index is 360. The number of ether oxygens (including phenoxy) is 2. The number of hydrogen-bond acceptors (Lipinski definition) is 3. The number of hydrogen-bond donors (Lipinski definition) is 1. The fourth-order valence-corrected chi connectivity index (χ4v) is 2.13. The van der Waals surface area contributed by atoms with Gasteiger partial charge in [-0.25, -0.2) is 0 Å². The van der Waals surface area contributed by atoms with Gasteiger partial charge in [0.15, 0.2) is 0 Å². The van der Waals surface area contributed by atoms with E-state index in [-0.39, 0.29) is 0 Å². The average molecular weight is 263 g/mol. The van der Waals surface area contributed by atoms with Crippen molar-refractivity contribution in [2.45, 2.75) is 38.6 Å². The van der Waals surface area contributed by atoms with Crippen molar-refractivity contribution in [2.75, 3.05) is 20.3 Å². The van der Waals surface area contributed by atoms with E-state index in [0.717, 1.165) is 37.1 Å². The second-order valence-electron chi connectivity index (χ2n) is 5.45. The molecule has 0 radical (unpaired) electrons. The summed E-state index contributed by atoms with van der Waals surface area (Å²) in [5, 5.41) is 3.61. The maximum Gasteiger partial charge on any atom is 0.119 e. The number of benzene rings is 1. The maximum atomic E-state index is 5.74. The van der Waals surface area contributed by atoms with Gasteiger partial charge in [-0.2, -0.15) is 0 Å². The SMILES string of the molecule is COc1ccc(OCCC(C)CNC2CCC2)cc1. The van der Waals surface area contributed by atoms with Crippen LogP contribution in [0.15, 0.2) is 24.3 Å². The Hall–Kier alpha value is -1.22. The topological polar surface area (TPSA) is 30.5 Å². The normalized spacial score (nSPS) is 16.7. The molecular weight excluding hydrogens is 238 g/mol. The summed E-state index contributed by atoms with van der Waals surface area (Å²) in [6, 6.07) is 8.55. The zero-order valence-electron chi connectivity index (χ0n) is 12.0. The van der Waals surface area contributed by atoms with E-state index in [0.29, 0.717) is 5.92 Å². The first-order valence-electron chi connectivity index (χ1n) is 7.28. The molecule has 1 aromatic rings. The van der Waals surface area contributed by atoms with Gasteiger partial charge in [-0.15, -0.1) is 0 Å². The van der Waals surface area contributed by atoms with Gasteiger partial charge in [-0.05, 0) is 56.0 Å². The predicted octanol–water partition coefficient (Wildman–Crippen LogP) is 3.24. The third-order valence-corrected chi connectivity index (χ3v) is 3.80. The van der Waals surface area contributed by atoms with E-state index >= 15 is 0 Å². The molecule has 1 atom stereocenters. The highest BCUT2D eigenvalue weighted by Crippen LogP contribution is 2.19. The minimum absolute atomic E-state index is 0.666. The molecule has 0 aliphatic heterocycles.